The third-order valence-electron chi connectivity index (χ3n) is 4.15. The van der Waals surface area contributed by atoms with Crippen molar-refractivity contribution in [1.29, 1.82) is 0 Å². The molecule has 0 saturated carbocycles. The summed E-state index contributed by atoms with van der Waals surface area (Å²) in [5.74, 6) is -2.00. The maximum atomic E-state index is 12.3. The number of carbonyl (C=O) groups excluding carboxylic acids is 3. The molecule has 2 rings (SSSR count). The molecule has 154 valence electrons. The number of rotatable bonds is 5. The van der Waals surface area contributed by atoms with E-state index in [2.05, 4.69) is 4.98 Å². The van der Waals surface area contributed by atoms with Crippen LogP contribution in [0.1, 0.15) is 39.5 Å². The van der Waals surface area contributed by atoms with E-state index in [1.54, 1.807) is 0 Å². The van der Waals surface area contributed by atoms with Crippen LogP contribution in [0.5, 0.6) is 0 Å². The Bertz CT molecular complexity index is 903. The van der Waals surface area contributed by atoms with E-state index in [-0.39, 0.29) is 12.2 Å². The van der Waals surface area contributed by atoms with Crippen LogP contribution in [0.4, 0.5) is 0 Å². The van der Waals surface area contributed by atoms with Crippen LogP contribution >= 0.6 is 0 Å². The molecule has 2 unspecified atom stereocenters. The summed E-state index contributed by atoms with van der Waals surface area (Å²) in [4.78, 5) is 60.6. The number of carbonyl (C=O) groups is 3. The number of hydrogen-bond donors (Lipinski definition) is 1. The first-order valence-corrected chi connectivity index (χ1v) is 8.42. The maximum Gasteiger partial charge on any atom is 0.330 e. The second-order valence-corrected chi connectivity index (χ2v) is 6.68. The number of H-pyrrole nitrogens is 1. The number of nitrogens with zero attached hydrogens (tertiary/aromatic N) is 1. The van der Waals surface area contributed by atoms with Gasteiger partial charge in [0.2, 0.25) is 0 Å². The Morgan fingerprint density at radius 3 is 2.29 bits per heavy atom. The van der Waals surface area contributed by atoms with Gasteiger partial charge in [0.25, 0.3) is 5.56 Å². The van der Waals surface area contributed by atoms with Crippen LogP contribution in [0.25, 0.3) is 0 Å². The Morgan fingerprint density at radius 2 is 1.75 bits per heavy atom. The molecule has 1 N–H and O–H groups in total. The molecule has 28 heavy (non-hydrogen) atoms. The van der Waals surface area contributed by atoms with Gasteiger partial charge in [-0.25, -0.2) is 4.79 Å². The van der Waals surface area contributed by atoms with Crippen LogP contribution in [0.2, 0.25) is 0 Å². The Morgan fingerprint density at radius 1 is 1.14 bits per heavy atom. The van der Waals surface area contributed by atoms with Gasteiger partial charge < -0.3 is 18.9 Å². The molecule has 1 aliphatic rings. The van der Waals surface area contributed by atoms with Crippen LogP contribution in [0.15, 0.2) is 15.8 Å². The Labute approximate surface area is 159 Å². The topological polar surface area (TPSA) is 143 Å². The quantitative estimate of drug-likeness (QED) is 0.515. The van der Waals surface area contributed by atoms with Crippen molar-refractivity contribution in [2.45, 2.75) is 58.7 Å². The second kappa shape index (κ2) is 7.97. The molecule has 1 aliphatic heterocycles. The van der Waals surface area contributed by atoms with Gasteiger partial charge in [-0.1, -0.05) is 0 Å². The standard InChI is InChI=1S/C17H22N2O9/c1-8-6-19(16(24)18-14(8)23)15-12(26-10(3)21)13(27-11(4)22)17(5,28-15)7-25-9(2)20/h6,12-13,15H,7H2,1-5H3,(H,18,23,24)/t12?,13?,15-,17-/m1/s1. The number of hydrogen-bond acceptors (Lipinski definition) is 9. The van der Waals surface area contributed by atoms with E-state index >= 15 is 0 Å². The Kier molecular flexibility index (Phi) is 6.07. The molecule has 0 amide bonds. The van der Waals surface area contributed by atoms with Crippen LogP contribution in [0, 0.1) is 6.92 Å². The molecule has 1 aromatic heterocycles. The predicted molar refractivity (Wildman–Crippen MR) is 92.3 cm³/mol. The molecule has 1 aromatic rings. The highest BCUT2D eigenvalue weighted by atomic mass is 16.7. The molecular formula is C17H22N2O9. The lowest BCUT2D eigenvalue weighted by Crippen LogP contribution is -2.48. The van der Waals surface area contributed by atoms with Gasteiger partial charge in [0.15, 0.2) is 18.4 Å². The molecule has 0 spiro atoms. The molecule has 0 aliphatic carbocycles. The number of aryl methyl sites for hydroxylation is 1. The van der Waals surface area contributed by atoms with Crippen molar-refractivity contribution in [2.75, 3.05) is 6.61 Å². The molecule has 0 aromatic carbocycles. The van der Waals surface area contributed by atoms with E-state index in [4.69, 9.17) is 18.9 Å². The summed E-state index contributed by atoms with van der Waals surface area (Å²) in [5.41, 5.74) is -2.60. The van der Waals surface area contributed by atoms with Gasteiger partial charge in [-0.15, -0.1) is 0 Å². The fraction of sp³-hybridized carbons (Fsp3) is 0.588. The van der Waals surface area contributed by atoms with Gasteiger partial charge in [0, 0.05) is 32.5 Å². The minimum Gasteiger partial charge on any atom is -0.463 e. The minimum atomic E-state index is -1.42. The summed E-state index contributed by atoms with van der Waals surface area (Å²) in [6, 6.07) is 0. The summed E-state index contributed by atoms with van der Waals surface area (Å²) in [7, 11) is 0. The lowest BCUT2D eigenvalue weighted by Gasteiger charge is -2.29. The third-order valence-corrected chi connectivity index (χ3v) is 4.15. The number of aromatic nitrogens is 2. The summed E-state index contributed by atoms with van der Waals surface area (Å²) in [6.45, 7) is 6.13. The fourth-order valence-electron chi connectivity index (χ4n) is 2.94. The Balaban J connectivity index is 2.56. The monoisotopic (exact) mass is 398 g/mol. The van der Waals surface area contributed by atoms with Crippen LogP contribution < -0.4 is 11.2 Å². The molecule has 1 fully saturated rings. The summed E-state index contributed by atoms with van der Waals surface area (Å²) >= 11 is 0. The van der Waals surface area contributed by atoms with Crippen molar-refractivity contribution in [3.63, 3.8) is 0 Å². The molecule has 0 bridgehead atoms. The smallest absolute Gasteiger partial charge is 0.330 e. The predicted octanol–water partition coefficient (Wildman–Crippen LogP) is -0.441. The fourth-order valence-corrected chi connectivity index (χ4v) is 2.94. The van der Waals surface area contributed by atoms with Gasteiger partial charge in [-0.3, -0.25) is 28.7 Å². The summed E-state index contributed by atoms with van der Waals surface area (Å²) in [6.07, 6.45) is -2.41. The lowest BCUT2D eigenvalue weighted by atomic mass is 9.97. The minimum absolute atomic E-state index is 0.211. The largest absolute Gasteiger partial charge is 0.463 e. The number of esters is 3. The van der Waals surface area contributed by atoms with Crippen LogP contribution in [-0.2, 0) is 33.3 Å². The number of aromatic amines is 1. The maximum absolute atomic E-state index is 12.3. The van der Waals surface area contributed by atoms with E-state index < -0.39 is 53.2 Å². The molecule has 4 atom stereocenters. The van der Waals surface area contributed by atoms with Gasteiger partial charge in [-0.2, -0.15) is 0 Å². The van der Waals surface area contributed by atoms with Crippen molar-refractivity contribution in [3.8, 4) is 0 Å². The van der Waals surface area contributed by atoms with E-state index in [0.717, 1.165) is 18.4 Å². The highest BCUT2D eigenvalue weighted by molar-refractivity contribution is 5.68. The highest BCUT2D eigenvalue weighted by Gasteiger charge is 2.58. The van der Waals surface area contributed by atoms with Crippen molar-refractivity contribution in [2.24, 2.45) is 0 Å². The van der Waals surface area contributed by atoms with Crippen LogP contribution in [-0.4, -0.2) is 51.9 Å². The van der Waals surface area contributed by atoms with Crippen molar-refractivity contribution in [1.82, 2.24) is 9.55 Å². The summed E-state index contributed by atoms with van der Waals surface area (Å²) in [5, 5.41) is 0. The lowest BCUT2D eigenvalue weighted by molar-refractivity contribution is -0.174. The van der Waals surface area contributed by atoms with Crippen molar-refractivity contribution < 1.29 is 33.3 Å². The van der Waals surface area contributed by atoms with Crippen LogP contribution in [0.3, 0.4) is 0 Å². The zero-order chi connectivity index (χ0) is 21.2. The average Bonchev–Trinajstić information content (AvgIpc) is 2.82. The van der Waals surface area contributed by atoms with Gasteiger partial charge in [0.1, 0.15) is 12.2 Å². The van der Waals surface area contributed by atoms with Gasteiger partial charge in [0.05, 0.1) is 0 Å². The Hall–Kier alpha value is -2.95. The zero-order valence-corrected chi connectivity index (χ0v) is 16.1. The molecule has 1 saturated heterocycles. The molecule has 11 heteroatoms. The molecule has 0 radical (unpaired) electrons. The highest BCUT2D eigenvalue weighted by Crippen LogP contribution is 2.40. The van der Waals surface area contributed by atoms with E-state index in [1.165, 1.54) is 27.0 Å². The second-order valence-electron chi connectivity index (χ2n) is 6.68. The van der Waals surface area contributed by atoms with E-state index in [9.17, 15) is 24.0 Å². The van der Waals surface area contributed by atoms with Crippen molar-refractivity contribution >= 4 is 17.9 Å². The zero-order valence-electron chi connectivity index (χ0n) is 16.1. The van der Waals surface area contributed by atoms with Crippen molar-refractivity contribution in [3.05, 3.63) is 32.6 Å². The number of ether oxygens (including phenoxy) is 4. The van der Waals surface area contributed by atoms with E-state index in [1.807, 2.05) is 0 Å². The first-order valence-electron chi connectivity index (χ1n) is 8.42. The number of nitrogens with one attached hydrogen (secondary N) is 1. The molecule has 2 heterocycles. The first kappa shape index (κ1) is 21.4. The third kappa shape index (κ3) is 4.47. The average molecular weight is 398 g/mol. The molecular weight excluding hydrogens is 376 g/mol. The summed E-state index contributed by atoms with van der Waals surface area (Å²) < 4.78 is 22.5. The molecule has 11 nitrogen and oxygen atoms in total. The first-order chi connectivity index (χ1) is 12.9. The SMILES string of the molecule is CC(=O)OC[C@@]1(C)O[C@@H](n2cc(C)c(=O)[nH]c2=O)C(OC(C)=O)C1OC(C)=O. The van der Waals surface area contributed by atoms with Gasteiger partial charge in [-0.05, 0) is 13.8 Å². The van der Waals surface area contributed by atoms with Gasteiger partial charge >= 0.3 is 23.6 Å². The normalized spacial score (nSPS) is 26.5. The van der Waals surface area contributed by atoms with E-state index in [0.29, 0.717) is 0 Å².